The fourth-order valence-electron chi connectivity index (χ4n) is 0.377. The Bertz CT molecular complexity index is 99.1. The van der Waals surface area contributed by atoms with E-state index in [0.29, 0.717) is 6.61 Å². The average molecular weight is 145 g/mol. The molecule has 0 fully saturated rings. The fourth-order valence-corrected chi connectivity index (χ4v) is 0.377. The Kier molecular flexibility index (Phi) is 5.85. The molecule has 0 aliphatic carbocycles. The molecule has 5 heteroatoms. The molecule has 0 bridgehead atoms. The number of nitrogens with two attached hydrogens (primary N) is 1. The molecule has 0 aliphatic heterocycles. The Morgan fingerprint density at radius 3 is 2.30 bits per heavy atom. The third-order valence-corrected chi connectivity index (χ3v) is 0.840. The third kappa shape index (κ3) is 4.13. The number of ether oxygens (including phenoxy) is 1. The van der Waals surface area contributed by atoms with Crippen LogP contribution in [0.4, 0.5) is 0 Å². The van der Waals surface area contributed by atoms with Crippen LogP contribution in [0.15, 0.2) is 0 Å². The van der Waals surface area contributed by atoms with Crippen LogP contribution in [0, 0.1) is 10.8 Å². The van der Waals surface area contributed by atoms with Gasteiger partial charge in [-0.2, -0.15) is 0 Å². The van der Waals surface area contributed by atoms with Gasteiger partial charge in [0.1, 0.15) is 6.10 Å². The SMILES string of the molecule is N=CC(C=N)OCCON. The summed E-state index contributed by atoms with van der Waals surface area (Å²) in [5, 5.41) is 13.4. The second-order valence-corrected chi connectivity index (χ2v) is 1.54. The van der Waals surface area contributed by atoms with Gasteiger partial charge in [-0.3, -0.25) is 0 Å². The summed E-state index contributed by atoms with van der Waals surface area (Å²) in [6.07, 6.45) is 1.52. The quantitative estimate of drug-likeness (QED) is 0.269. The van der Waals surface area contributed by atoms with Gasteiger partial charge in [0.15, 0.2) is 0 Å². The van der Waals surface area contributed by atoms with Crippen LogP contribution in [0.25, 0.3) is 0 Å². The van der Waals surface area contributed by atoms with Crippen LogP contribution in [-0.4, -0.2) is 31.7 Å². The van der Waals surface area contributed by atoms with Gasteiger partial charge in [0, 0.05) is 12.4 Å². The van der Waals surface area contributed by atoms with E-state index in [9.17, 15) is 0 Å². The van der Waals surface area contributed by atoms with E-state index in [4.69, 9.17) is 21.5 Å². The van der Waals surface area contributed by atoms with Crippen molar-refractivity contribution in [1.29, 1.82) is 10.8 Å². The van der Waals surface area contributed by atoms with Crippen LogP contribution in [0.5, 0.6) is 0 Å². The lowest BCUT2D eigenvalue weighted by molar-refractivity contribution is 0.0504. The van der Waals surface area contributed by atoms with Crippen molar-refractivity contribution in [2.24, 2.45) is 5.90 Å². The standard InChI is InChI=1S/C5H11N3O2/c6-3-5(4-7)9-1-2-10-8/h3-7H,1-2,8H2. The number of hydrogen-bond acceptors (Lipinski definition) is 5. The minimum Gasteiger partial charge on any atom is -0.364 e. The lowest BCUT2D eigenvalue weighted by Crippen LogP contribution is -2.19. The topological polar surface area (TPSA) is 92.2 Å². The molecule has 0 unspecified atom stereocenters. The van der Waals surface area contributed by atoms with Crippen molar-refractivity contribution in [3.63, 3.8) is 0 Å². The Morgan fingerprint density at radius 1 is 1.30 bits per heavy atom. The summed E-state index contributed by atoms with van der Waals surface area (Å²) in [5.74, 6) is 4.70. The lowest BCUT2D eigenvalue weighted by Gasteiger charge is -2.05. The Hall–Kier alpha value is -0.780. The van der Waals surface area contributed by atoms with Crippen LogP contribution in [0.3, 0.4) is 0 Å². The summed E-state index contributed by atoms with van der Waals surface area (Å²) in [4.78, 5) is 4.21. The molecular formula is C5H11N3O2. The molecule has 0 aromatic rings. The van der Waals surface area contributed by atoms with Crippen molar-refractivity contribution in [2.45, 2.75) is 6.10 Å². The van der Waals surface area contributed by atoms with E-state index < -0.39 is 6.10 Å². The van der Waals surface area contributed by atoms with E-state index in [-0.39, 0.29) is 6.61 Å². The first-order valence-electron chi connectivity index (χ1n) is 2.79. The van der Waals surface area contributed by atoms with E-state index in [1.807, 2.05) is 0 Å². The molecule has 10 heavy (non-hydrogen) atoms. The highest BCUT2D eigenvalue weighted by atomic mass is 16.6. The van der Waals surface area contributed by atoms with Crippen LogP contribution in [-0.2, 0) is 9.57 Å². The van der Waals surface area contributed by atoms with Crippen molar-refractivity contribution >= 4 is 12.4 Å². The highest BCUT2D eigenvalue weighted by Crippen LogP contribution is 1.82. The van der Waals surface area contributed by atoms with Gasteiger partial charge in [-0.25, -0.2) is 5.90 Å². The predicted octanol–water partition coefficient (Wildman–Crippen LogP) is -0.439. The van der Waals surface area contributed by atoms with Gasteiger partial charge in [-0.15, -0.1) is 0 Å². The van der Waals surface area contributed by atoms with Gasteiger partial charge in [-0.05, 0) is 0 Å². The summed E-state index contributed by atoms with van der Waals surface area (Å²) < 4.78 is 4.89. The Morgan fingerprint density at radius 2 is 1.90 bits per heavy atom. The minimum atomic E-state index is -0.546. The van der Waals surface area contributed by atoms with E-state index in [0.717, 1.165) is 12.4 Å². The maximum absolute atomic E-state index is 6.72. The zero-order chi connectivity index (χ0) is 7.82. The highest BCUT2D eigenvalue weighted by molar-refractivity contribution is 5.83. The first-order chi connectivity index (χ1) is 4.85. The fraction of sp³-hybridized carbons (Fsp3) is 0.600. The predicted molar refractivity (Wildman–Crippen MR) is 37.4 cm³/mol. The lowest BCUT2D eigenvalue weighted by atomic mass is 10.4. The molecule has 0 amide bonds. The van der Waals surface area contributed by atoms with Crippen LogP contribution >= 0.6 is 0 Å². The molecule has 0 saturated heterocycles. The molecule has 0 heterocycles. The summed E-state index contributed by atoms with van der Waals surface area (Å²) in [5.41, 5.74) is 0. The van der Waals surface area contributed by atoms with Crippen LogP contribution < -0.4 is 5.90 Å². The maximum Gasteiger partial charge on any atom is 0.126 e. The third-order valence-electron chi connectivity index (χ3n) is 0.840. The second kappa shape index (κ2) is 6.34. The maximum atomic E-state index is 6.72. The van der Waals surface area contributed by atoms with E-state index in [1.165, 1.54) is 0 Å². The molecule has 0 rings (SSSR count). The average Bonchev–Trinajstić information content (AvgIpc) is 1.99. The molecule has 5 nitrogen and oxygen atoms in total. The zero-order valence-corrected chi connectivity index (χ0v) is 5.54. The minimum absolute atomic E-state index is 0.276. The Balaban J connectivity index is 3.25. The molecule has 0 radical (unpaired) electrons. The van der Waals surface area contributed by atoms with Crippen molar-refractivity contribution in [3.05, 3.63) is 0 Å². The van der Waals surface area contributed by atoms with E-state index in [2.05, 4.69) is 4.84 Å². The van der Waals surface area contributed by atoms with Crippen LogP contribution in [0.2, 0.25) is 0 Å². The van der Waals surface area contributed by atoms with Crippen molar-refractivity contribution in [3.8, 4) is 0 Å². The molecule has 0 aliphatic rings. The summed E-state index contributed by atoms with van der Waals surface area (Å²) >= 11 is 0. The summed E-state index contributed by atoms with van der Waals surface area (Å²) in [6, 6.07) is 0. The first kappa shape index (κ1) is 9.22. The number of nitrogens with one attached hydrogen (secondary N) is 2. The molecule has 0 aromatic carbocycles. The van der Waals surface area contributed by atoms with Gasteiger partial charge in [0.2, 0.25) is 0 Å². The molecule has 4 N–H and O–H groups in total. The normalized spacial score (nSPS) is 12.5. The molecule has 0 aromatic heterocycles. The van der Waals surface area contributed by atoms with Gasteiger partial charge in [0.05, 0.1) is 13.2 Å². The van der Waals surface area contributed by atoms with Crippen molar-refractivity contribution < 1.29 is 9.57 Å². The largest absolute Gasteiger partial charge is 0.364 e. The highest BCUT2D eigenvalue weighted by Gasteiger charge is 1.98. The first-order valence-corrected chi connectivity index (χ1v) is 2.79. The molecule has 0 saturated carbocycles. The Labute approximate surface area is 59.1 Å². The summed E-state index contributed by atoms with van der Waals surface area (Å²) in [7, 11) is 0. The van der Waals surface area contributed by atoms with E-state index >= 15 is 0 Å². The smallest absolute Gasteiger partial charge is 0.126 e. The van der Waals surface area contributed by atoms with Crippen molar-refractivity contribution in [2.75, 3.05) is 13.2 Å². The van der Waals surface area contributed by atoms with E-state index in [1.54, 1.807) is 0 Å². The molecular weight excluding hydrogens is 134 g/mol. The summed E-state index contributed by atoms with van der Waals surface area (Å²) in [6.45, 7) is 0.574. The van der Waals surface area contributed by atoms with Crippen LogP contribution in [0.1, 0.15) is 0 Å². The van der Waals surface area contributed by atoms with Gasteiger partial charge < -0.3 is 20.4 Å². The molecule has 0 atom stereocenters. The molecule has 58 valence electrons. The monoisotopic (exact) mass is 145 g/mol. The van der Waals surface area contributed by atoms with Gasteiger partial charge in [0.25, 0.3) is 0 Å². The number of hydrogen-bond donors (Lipinski definition) is 3. The van der Waals surface area contributed by atoms with Crippen molar-refractivity contribution in [1.82, 2.24) is 0 Å². The van der Waals surface area contributed by atoms with Gasteiger partial charge in [-0.1, -0.05) is 0 Å². The zero-order valence-electron chi connectivity index (χ0n) is 5.54. The second-order valence-electron chi connectivity index (χ2n) is 1.54. The molecule has 0 spiro atoms. The number of rotatable bonds is 6. The van der Waals surface area contributed by atoms with Gasteiger partial charge >= 0.3 is 0 Å².